The Kier molecular flexibility index (Phi) is 6.38. The summed E-state index contributed by atoms with van der Waals surface area (Å²) < 4.78 is 5.05. The lowest BCUT2D eigenvalue weighted by atomic mass is 9.84. The molecule has 1 aliphatic heterocycles. The number of hydrogen-bond donors (Lipinski definition) is 2. The predicted molar refractivity (Wildman–Crippen MR) is 118 cm³/mol. The summed E-state index contributed by atoms with van der Waals surface area (Å²) in [6, 6.07) is 11.3. The van der Waals surface area contributed by atoms with Crippen molar-refractivity contribution in [3.63, 3.8) is 0 Å². The molecule has 2 N–H and O–H groups in total. The molecule has 3 rings (SSSR count). The van der Waals surface area contributed by atoms with Crippen molar-refractivity contribution in [3.05, 3.63) is 58.6 Å². The van der Waals surface area contributed by atoms with E-state index in [0.717, 1.165) is 0 Å². The van der Waals surface area contributed by atoms with E-state index in [1.165, 1.54) is 17.9 Å². The fourth-order valence-corrected chi connectivity index (χ4v) is 4.10. The van der Waals surface area contributed by atoms with Gasteiger partial charge in [-0.25, -0.2) is 4.79 Å². The van der Waals surface area contributed by atoms with E-state index in [4.69, 9.17) is 16.3 Å². The minimum atomic E-state index is -1.88. The topological polar surface area (TPSA) is 95.9 Å². The van der Waals surface area contributed by atoms with Crippen LogP contribution in [0.4, 0.5) is 11.4 Å². The van der Waals surface area contributed by atoms with Crippen LogP contribution < -0.4 is 10.2 Å². The van der Waals surface area contributed by atoms with Gasteiger partial charge in [0.15, 0.2) is 17.4 Å². The van der Waals surface area contributed by atoms with Crippen LogP contribution in [-0.2, 0) is 19.9 Å². The van der Waals surface area contributed by atoms with Gasteiger partial charge in [-0.05, 0) is 52.0 Å². The van der Waals surface area contributed by atoms with Crippen molar-refractivity contribution in [1.82, 2.24) is 0 Å². The highest BCUT2D eigenvalue weighted by Crippen LogP contribution is 2.46. The Morgan fingerprint density at radius 1 is 1.23 bits per heavy atom. The summed E-state index contributed by atoms with van der Waals surface area (Å²) in [6.07, 6.45) is -1.86. The molecule has 0 saturated carbocycles. The van der Waals surface area contributed by atoms with Crippen LogP contribution in [0.15, 0.2) is 42.5 Å². The third kappa shape index (κ3) is 3.79. The Morgan fingerprint density at radius 3 is 2.52 bits per heavy atom. The fraction of sp³-hybridized carbons (Fsp3) is 0.348. The summed E-state index contributed by atoms with van der Waals surface area (Å²) >= 11 is 6.06. The van der Waals surface area contributed by atoms with Crippen LogP contribution in [0.2, 0.25) is 5.02 Å². The second kappa shape index (κ2) is 8.69. The Bertz CT molecular complexity index is 1040. The smallest absolute Gasteiger partial charge is 0.338 e. The van der Waals surface area contributed by atoms with E-state index in [2.05, 4.69) is 5.32 Å². The second-order valence-corrected chi connectivity index (χ2v) is 8.06. The molecule has 0 unspecified atom stereocenters. The Labute approximate surface area is 186 Å². The molecular formula is C23H25ClN2O5. The number of rotatable bonds is 7. The van der Waals surface area contributed by atoms with Crippen molar-refractivity contribution in [3.8, 4) is 0 Å². The Hall–Kier alpha value is -2.90. The van der Waals surface area contributed by atoms with Crippen LogP contribution in [0.3, 0.4) is 0 Å². The molecule has 1 aliphatic rings. The maximum atomic E-state index is 13.8. The third-order valence-electron chi connectivity index (χ3n) is 5.27. The lowest BCUT2D eigenvalue weighted by molar-refractivity contribution is -0.159. The average Bonchev–Trinajstić information content (AvgIpc) is 2.97. The van der Waals surface area contributed by atoms with Crippen molar-refractivity contribution in [2.24, 2.45) is 0 Å². The summed E-state index contributed by atoms with van der Waals surface area (Å²) in [5, 5.41) is 14.6. The van der Waals surface area contributed by atoms with Crippen LogP contribution in [0.1, 0.15) is 43.6 Å². The highest BCUT2D eigenvalue weighted by molar-refractivity contribution is 6.31. The Morgan fingerprint density at radius 2 is 1.90 bits per heavy atom. The third-order valence-corrected chi connectivity index (χ3v) is 5.51. The molecule has 0 spiro atoms. The number of nitrogens with one attached hydrogen (secondary N) is 1. The van der Waals surface area contributed by atoms with Gasteiger partial charge in [-0.2, -0.15) is 0 Å². The van der Waals surface area contributed by atoms with Gasteiger partial charge in [0.25, 0.3) is 5.91 Å². The molecule has 8 heteroatoms. The molecule has 1 heterocycles. The maximum absolute atomic E-state index is 13.8. The molecule has 0 aliphatic carbocycles. The number of ether oxygens (including phenoxy) is 1. The molecule has 2 atom stereocenters. The molecule has 0 radical (unpaired) electrons. The first kappa shape index (κ1) is 22.8. The number of aliphatic hydroxyl groups excluding tert-OH is 1. The van der Waals surface area contributed by atoms with E-state index in [-0.39, 0.29) is 29.7 Å². The first-order chi connectivity index (χ1) is 14.6. The maximum Gasteiger partial charge on any atom is 0.338 e. The minimum absolute atomic E-state index is 0.0370. The van der Waals surface area contributed by atoms with E-state index in [9.17, 15) is 19.5 Å². The van der Waals surface area contributed by atoms with Crippen molar-refractivity contribution in [1.29, 1.82) is 0 Å². The standard InChI is InChI=1S/C23H25ClN2O5/c1-5-31-21(29)20(28)23(25-18-11-10-15(24)12-16(18)14(4)27)17-8-6-7-9-19(17)26(13(2)3)22(23)30/h6-13,20,25,28H,5H2,1-4H3/t20-,23+/m1/s1. The molecule has 0 saturated heterocycles. The van der Waals surface area contributed by atoms with Gasteiger partial charge in [0, 0.05) is 27.9 Å². The number of carbonyl (C=O) groups is 3. The van der Waals surface area contributed by atoms with Gasteiger partial charge < -0.3 is 20.1 Å². The molecule has 0 aromatic heterocycles. The predicted octanol–water partition coefficient (Wildman–Crippen LogP) is 3.53. The molecule has 31 heavy (non-hydrogen) atoms. The monoisotopic (exact) mass is 444 g/mol. The quantitative estimate of drug-likeness (QED) is 0.501. The van der Waals surface area contributed by atoms with Gasteiger partial charge in [0.05, 0.1) is 12.3 Å². The van der Waals surface area contributed by atoms with Crippen molar-refractivity contribution in [2.45, 2.75) is 45.4 Å². The van der Waals surface area contributed by atoms with Crippen LogP contribution >= 0.6 is 11.6 Å². The van der Waals surface area contributed by atoms with E-state index >= 15 is 0 Å². The highest BCUT2D eigenvalue weighted by Gasteiger charge is 2.59. The number of hydrogen-bond acceptors (Lipinski definition) is 6. The number of para-hydroxylation sites is 1. The summed E-state index contributed by atoms with van der Waals surface area (Å²) in [5.74, 6) is -1.75. The number of benzene rings is 2. The summed E-state index contributed by atoms with van der Waals surface area (Å²) in [5.41, 5.74) is -0.397. The summed E-state index contributed by atoms with van der Waals surface area (Å²) in [6.45, 7) is 6.70. The lowest BCUT2D eigenvalue weighted by Crippen LogP contribution is -2.58. The van der Waals surface area contributed by atoms with E-state index in [1.54, 1.807) is 43.3 Å². The molecule has 0 fully saturated rings. The SMILES string of the molecule is CCOC(=O)[C@@H](O)[C@]1(Nc2ccc(Cl)cc2C(C)=O)C(=O)N(C(C)C)c2ccccc21. The molecule has 7 nitrogen and oxygen atoms in total. The molecule has 164 valence electrons. The van der Waals surface area contributed by atoms with E-state index in [1.807, 2.05) is 13.8 Å². The normalized spacial score (nSPS) is 18.7. The van der Waals surface area contributed by atoms with E-state index < -0.39 is 23.5 Å². The zero-order valence-corrected chi connectivity index (χ0v) is 18.6. The minimum Gasteiger partial charge on any atom is -0.464 e. The zero-order chi connectivity index (χ0) is 22.9. The fourth-order valence-electron chi connectivity index (χ4n) is 3.93. The van der Waals surface area contributed by atoms with Crippen molar-refractivity contribution < 1.29 is 24.2 Å². The van der Waals surface area contributed by atoms with Gasteiger partial charge in [-0.3, -0.25) is 9.59 Å². The molecular weight excluding hydrogens is 420 g/mol. The largest absolute Gasteiger partial charge is 0.464 e. The summed E-state index contributed by atoms with van der Waals surface area (Å²) in [7, 11) is 0. The van der Waals surface area contributed by atoms with Gasteiger partial charge >= 0.3 is 5.97 Å². The van der Waals surface area contributed by atoms with E-state index in [0.29, 0.717) is 16.3 Å². The van der Waals surface area contributed by atoms with Crippen molar-refractivity contribution in [2.75, 3.05) is 16.8 Å². The zero-order valence-electron chi connectivity index (χ0n) is 17.8. The molecule has 0 bridgehead atoms. The first-order valence-corrected chi connectivity index (χ1v) is 10.4. The van der Waals surface area contributed by atoms with Gasteiger partial charge in [0.1, 0.15) is 0 Å². The molecule has 1 amide bonds. The van der Waals surface area contributed by atoms with Crippen LogP contribution in [0.25, 0.3) is 0 Å². The number of aliphatic hydroxyl groups is 1. The molecule has 2 aromatic rings. The number of halogens is 1. The number of esters is 1. The number of amides is 1. The van der Waals surface area contributed by atoms with Crippen LogP contribution in [0, 0.1) is 0 Å². The van der Waals surface area contributed by atoms with Gasteiger partial charge in [-0.15, -0.1) is 0 Å². The van der Waals surface area contributed by atoms with Gasteiger partial charge in [-0.1, -0.05) is 29.8 Å². The second-order valence-electron chi connectivity index (χ2n) is 7.62. The average molecular weight is 445 g/mol. The van der Waals surface area contributed by atoms with Gasteiger partial charge in [0.2, 0.25) is 0 Å². The number of Topliss-reactive ketones (excluding diaryl/α,β-unsaturated/α-hetero) is 1. The number of nitrogens with zero attached hydrogens (tertiary/aromatic N) is 1. The number of carbonyl (C=O) groups excluding carboxylic acids is 3. The van der Waals surface area contributed by atoms with Crippen LogP contribution in [0.5, 0.6) is 0 Å². The highest BCUT2D eigenvalue weighted by atomic mass is 35.5. The van der Waals surface area contributed by atoms with Crippen molar-refractivity contribution >= 4 is 40.6 Å². The molecule has 2 aromatic carbocycles. The number of anilines is 2. The van der Waals surface area contributed by atoms with Crippen LogP contribution in [-0.4, -0.2) is 41.5 Å². The summed E-state index contributed by atoms with van der Waals surface area (Å²) in [4.78, 5) is 40.2. The first-order valence-electron chi connectivity index (χ1n) is 10.0. The number of fused-ring (bicyclic) bond motifs is 1. The lowest BCUT2D eigenvalue weighted by Gasteiger charge is -2.35. The Balaban J connectivity index is 2.27. The number of ketones is 1.